The summed E-state index contributed by atoms with van der Waals surface area (Å²) in [6.07, 6.45) is 5.90. The largest absolute Gasteiger partial charge is 0.489 e. The summed E-state index contributed by atoms with van der Waals surface area (Å²) in [5, 5.41) is 22.9. The van der Waals surface area contributed by atoms with E-state index in [1.165, 1.54) is 23.8 Å². The van der Waals surface area contributed by atoms with Crippen molar-refractivity contribution in [3.8, 4) is 11.8 Å². The molecule has 1 amide bonds. The van der Waals surface area contributed by atoms with Crippen LogP contribution >= 0.6 is 11.6 Å². The molecule has 1 atom stereocenters. The molecule has 5 rings (SSSR count). The maximum absolute atomic E-state index is 13.7. The van der Waals surface area contributed by atoms with Gasteiger partial charge in [-0.15, -0.1) is 0 Å². The van der Waals surface area contributed by atoms with E-state index in [1.54, 1.807) is 42.6 Å². The molecule has 0 aliphatic heterocycles. The average Bonchev–Trinajstić information content (AvgIpc) is 3.65. The van der Waals surface area contributed by atoms with Crippen LogP contribution in [-0.4, -0.2) is 46.4 Å². The Balaban J connectivity index is 1.50. The third-order valence-corrected chi connectivity index (χ3v) is 7.88. The highest BCUT2D eigenvalue weighted by Gasteiger charge is 2.25. The molecule has 0 bridgehead atoms. The quantitative estimate of drug-likeness (QED) is 0.200. The molecule has 11 heteroatoms. The van der Waals surface area contributed by atoms with Crippen LogP contribution < -0.4 is 15.6 Å². The SMILES string of the molecule is COCCC(C(=O)Nc1ccc2[nH]c(C(=O)O)cc2c1)n1cc(OC2CCCC2)c(Cc2cc(Cl)ccc2C#N)cc1=O. The van der Waals surface area contributed by atoms with Crippen molar-refractivity contribution in [2.24, 2.45) is 0 Å². The smallest absolute Gasteiger partial charge is 0.352 e. The van der Waals surface area contributed by atoms with Gasteiger partial charge in [-0.25, -0.2) is 4.79 Å². The van der Waals surface area contributed by atoms with Crippen LogP contribution in [0.4, 0.5) is 5.69 Å². The summed E-state index contributed by atoms with van der Waals surface area (Å²) >= 11 is 6.22. The number of nitriles is 1. The van der Waals surface area contributed by atoms with Gasteiger partial charge < -0.3 is 24.9 Å². The lowest BCUT2D eigenvalue weighted by atomic mass is 10.00. The number of aromatic amines is 1. The van der Waals surface area contributed by atoms with Gasteiger partial charge in [0.1, 0.15) is 17.5 Å². The Hall–Kier alpha value is -4.59. The van der Waals surface area contributed by atoms with Crippen molar-refractivity contribution < 1.29 is 24.2 Å². The highest BCUT2D eigenvalue weighted by Crippen LogP contribution is 2.30. The first-order chi connectivity index (χ1) is 20.7. The normalized spacial score (nSPS) is 14.0. The number of ether oxygens (including phenoxy) is 2. The number of carboxylic acids is 1. The number of H-pyrrole nitrogens is 1. The molecule has 0 spiro atoms. The first-order valence-electron chi connectivity index (χ1n) is 14.0. The van der Waals surface area contributed by atoms with Gasteiger partial charge in [0.2, 0.25) is 5.91 Å². The zero-order valence-corrected chi connectivity index (χ0v) is 24.3. The number of carbonyl (C=O) groups is 2. The molecule has 4 aromatic rings. The summed E-state index contributed by atoms with van der Waals surface area (Å²) in [5.74, 6) is -1.05. The van der Waals surface area contributed by atoms with Gasteiger partial charge in [0.25, 0.3) is 5.56 Å². The van der Waals surface area contributed by atoms with E-state index in [9.17, 15) is 24.8 Å². The number of benzene rings is 2. The molecule has 0 radical (unpaired) electrons. The molecule has 2 heterocycles. The van der Waals surface area contributed by atoms with Gasteiger partial charge in [-0.3, -0.25) is 14.2 Å². The number of hydrogen-bond acceptors (Lipinski definition) is 6. The van der Waals surface area contributed by atoms with Gasteiger partial charge in [0.15, 0.2) is 0 Å². The third kappa shape index (κ3) is 6.91. The number of hydrogen-bond donors (Lipinski definition) is 3. The van der Waals surface area contributed by atoms with E-state index in [2.05, 4.69) is 16.4 Å². The van der Waals surface area contributed by atoms with Crippen molar-refractivity contribution >= 4 is 40.1 Å². The number of pyridine rings is 1. The molecule has 1 aliphatic carbocycles. The number of methoxy groups -OCH3 is 1. The van der Waals surface area contributed by atoms with Crippen molar-refractivity contribution in [3.63, 3.8) is 0 Å². The van der Waals surface area contributed by atoms with Crippen LogP contribution in [0.5, 0.6) is 5.75 Å². The van der Waals surface area contributed by atoms with Crippen molar-refractivity contribution in [2.75, 3.05) is 19.0 Å². The van der Waals surface area contributed by atoms with Crippen molar-refractivity contribution in [1.29, 1.82) is 5.26 Å². The molecular formula is C32H31ClN4O6. The Bertz CT molecular complexity index is 1770. The number of fused-ring (bicyclic) bond motifs is 1. The number of carboxylic acid groups (broad SMARTS) is 1. The molecule has 10 nitrogen and oxygen atoms in total. The van der Waals surface area contributed by atoms with Crippen LogP contribution in [0.2, 0.25) is 5.02 Å². The van der Waals surface area contributed by atoms with Crippen LogP contribution in [0.1, 0.15) is 65.3 Å². The average molecular weight is 603 g/mol. The van der Waals surface area contributed by atoms with E-state index < -0.39 is 23.5 Å². The number of carbonyl (C=O) groups excluding carboxylic acids is 1. The predicted octanol–water partition coefficient (Wildman–Crippen LogP) is 5.68. The van der Waals surface area contributed by atoms with Gasteiger partial charge in [-0.05, 0) is 73.7 Å². The highest BCUT2D eigenvalue weighted by molar-refractivity contribution is 6.30. The first-order valence-corrected chi connectivity index (χ1v) is 14.4. The summed E-state index contributed by atoms with van der Waals surface area (Å²) in [5.41, 5.74) is 2.43. The molecule has 0 saturated heterocycles. The molecule has 43 heavy (non-hydrogen) atoms. The number of nitrogens with zero attached hydrogens (tertiary/aromatic N) is 2. The second-order valence-electron chi connectivity index (χ2n) is 10.6. The number of amides is 1. The van der Waals surface area contributed by atoms with Crippen LogP contribution in [0.3, 0.4) is 0 Å². The Morgan fingerprint density at radius 2 is 1.95 bits per heavy atom. The number of halogens is 1. The fraction of sp³-hybridized carbons (Fsp3) is 0.312. The maximum Gasteiger partial charge on any atom is 0.352 e. The van der Waals surface area contributed by atoms with E-state index in [4.69, 9.17) is 21.1 Å². The first kappa shape index (κ1) is 29.9. The minimum absolute atomic E-state index is 0.0190. The second kappa shape index (κ2) is 13.2. The van der Waals surface area contributed by atoms with E-state index in [1.807, 2.05) is 0 Å². The minimum atomic E-state index is -1.08. The molecule has 1 saturated carbocycles. The highest BCUT2D eigenvalue weighted by atomic mass is 35.5. The van der Waals surface area contributed by atoms with Crippen LogP contribution in [0.25, 0.3) is 10.9 Å². The zero-order valence-electron chi connectivity index (χ0n) is 23.6. The standard InChI is InChI=1S/C32H31ClN4O6/c1-42-11-10-28(31(39)35-24-8-9-26-21(14-24)15-27(36-26)32(40)41)37-18-29(43-25-4-2-3-5-25)22(16-30(37)38)12-20-13-23(33)7-6-19(20)17-34/h6-9,13-16,18,25,28,36H,2-5,10-12H2,1H3,(H,35,39)(H,40,41). The van der Waals surface area contributed by atoms with Gasteiger partial charge in [0, 0.05) is 59.8 Å². The van der Waals surface area contributed by atoms with E-state index in [-0.39, 0.29) is 31.2 Å². The van der Waals surface area contributed by atoms with Gasteiger partial charge >= 0.3 is 5.97 Å². The third-order valence-electron chi connectivity index (χ3n) is 7.64. The van der Waals surface area contributed by atoms with Gasteiger partial charge in [-0.1, -0.05) is 11.6 Å². The number of aromatic carboxylic acids is 1. The second-order valence-corrected chi connectivity index (χ2v) is 11.0. The number of anilines is 1. The Morgan fingerprint density at radius 1 is 1.16 bits per heavy atom. The predicted molar refractivity (Wildman–Crippen MR) is 162 cm³/mol. The lowest BCUT2D eigenvalue weighted by Crippen LogP contribution is -2.34. The van der Waals surface area contributed by atoms with Gasteiger partial charge in [0.05, 0.1) is 23.9 Å². The van der Waals surface area contributed by atoms with Crippen LogP contribution in [-0.2, 0) is 16.0 Å². The Morgan fingerprint density at radius 3 is 2.67 bits per heavy atom. The lowest BCUT2D eigenvalue weighted by molar-refractivity contribution is -0.119. The molecule has 3 N–H and O–H groups in total. The number of rotatable bonds is 11. The zero-order chi connectivity index (χ0) is 30.5. The monoisotopic (exact) mass is 602 g/mol. The Labute approximate surface area is 252 Å². The molecule has 1 unspecified atom stereocenters. The maximum atomic E-state index is 13.7. The van der Waals surface area contributed by atoms with Gasteiger partial charge in [-0.2, -0.15) is 5.26 Å². The molecule has 2 aromatic carbocycles. The summed E-state index contributed by atoms with van der Waals surface area (Å²) in [7, 11) is 1.52. The summed E-state index contributed by atoms with van der Waals surface area (Å²) in [6, 6.07) is 14.2. The van der Waals surface area contributed by atoms with Crippen molar-refractivity contribution in [3.05, 3.63) is 92.5 Å². The minimum Gasteiger partial charge on any atom is -0.489 e. The molecule has 1 aliphatic rings. The van der Waals surface area contributed by atoms with Crippen LogP contribution in [0, 0.1) is 11.3 Å². The summed E-state index contributed by atoms with van der Waals surface area (Å²) in [6.45, 7) is 0.220. The van der Waals surface area contributed by atoms with E-state index >= 15 is 0 Å². The number of aromatic nitrogens is 2. The van der Waals surface area contributed by atoms with E-state index in [0.29, 0.717) is 44.1 Å². The number of nitrogens with one attached hydrogen (secondary N) is 2. The molecular weight excluding hydrogens is 572 g/mol. The van der Waals surface area contributed by atoms with Crippen molar-refractivity contribution in [2.45, 2.75) is 50.7 Å². The molecule has 2 aromatic heterocycles. The summed E-state index contributed by atoms with van der Waals surface area (Å²) < 4.78 is 13.0. The molecule has 1 fully saturated rings. The van der Waals surface area contributed by atoms with Crippen molar-refractivity contribution in [1.82, 2.24) is 9.55 Å². The van der Waals surface area contributed by atoms with E-state index in [0.717, 1.165) is 25.7 Å². The molecule has 222 valence electrons. The van der Waals surface area contributed by atoms with Crippen LogP contribution in [0.15, 0.2) is 59.5 Å². The topological polar surface area (TPSA) is 146 Å². The summed E-state index contributed by atoms with van der Waals surface area (Å²) in [4.78, 5) is 41.4. The Kier molecular flexibility index (Phi) is 9.14. The lowest BCUT2D eigenvalue weighted by Gasteiger charge is -2.23. The fourth-order valence-electron chi connectivity index (χ4n) is 5.44. The fourth-order valence-corrected chi connectivity index (χ4v) is 5.64.